The van der Waals surface area contributed by atoms with E-state index in [9.17, 15) is 5.02 Å². The molecule has 12 heavy (non-hydrogen) atoms. The van der Waals surface area contributed by atoms with E-state index in [2.05, 4.69) is 4.98 Å². The molecule has 0 amide bonds. The summed E-state index contributed by atoms with van der Waals surface area (Å²) in [5.74, 6) is 0.760. The SMILES string of the molecule is Cc1nccc2c1OB(O)CC2. The van der Waals surface area contributed by atoms with Crippen LogP contribution in [-0.2, 0) is 6.42 Å². The van der Waals surface area contributed by atoms with Crippen LogP contribution in [0.3, 0.4) is 0 Å². The van der Waals surface area contributed by atoms with Crippen LogP contribution in [0.2, 0.25) is 6.32 Å². The molecule has 1 aromatic rings. The van der Waals surface area contributed by atoms with Crippen molar-refractivity contribution in [1.29, 1.82) is 0 Å². The first-order valence-electron chi connectivity index (χ1n) is 4.06. The largest absolute Gasteiger partial charge is 0.535 e. The molecule has 1 N–H and O–H groups in total. The molecule has 0 saturated heterocycles. The van der Waals surface area contributed by atoms with E-state index in [-0.39, 0.29) is 0 Å². The van der Waals surface area contributed by atoms with Crippen molar-refractivity contribution in [3.05, 3.63) is 23.5 Å². The topological polar surface area (TPSA) is 42.4 Å². The first-order chi connectivity index (χ1) is 5.77. The first kappa shape index (κ1) is 7.62. The maximum atomic E-state index is 9.23. The molecule has 1 aliphatic heterocycles. The predicted molar refractivity (Wildman–Crippen MR) is 46.1 cm³/mol. The van der Waals surface area contributed by atoms with E-state index in [1.54, 1.807) is 6.20 Å². The molecular formula is C8H10BNO2. The highest BCUT2D eigenvalue weighted by Crippen LogP contribution is 2.27. The molecule has 0 spiro atoms. The number of pyridine rings is 1. The van der Waals surface area contributed by atoms with Gasteiger partial charge >= 0.3 is 7.12 Å². The van der Waals surface area contributed by atoms with Crippen LogP contribution in [-0.4, -0.2) is 17.1 Å². The van der Waals surface area contributed by atoms with Gasteiger partial charge in [-0.2, -0.15) is 0 Å². The van der Waals surface area contributed by atoms with Gasteiger partial charge in [0, 0.05) is 6.20 Å². The van der Waals surface area contributed by atoms with E-state index < -0.39 is 7.12 Å². The summed E-state index contributed by atoms with van der Waals surface area (Å²) in [5, 5.41) is 9.23. The van der Waals surface area contributed by atoms with E-state index >= 15 is 0 Å². The molecule has 4 heteroatoms. The van der Waals surface area contributed by atoms with E-state index in [0.717, 1.165) is 23.4 Å². The molecule has 0 fully saturated rings. The van der Waals surface area contributed by atoms with Gasteiger partial charge in [0.25, 0.3) is 0 Å². The maximum Gasteiger partial charge on any atom is 0.522 e. The van der Waals surface area contributed by atoms with Gasteiger partial charge in [0.15, 0.2) is 0 Å². The van der Waals surface area contributed by atoms with Crippen LogP contribution < -0.4 is 4.65 Å². The fourth-order valence-corrected chi connectivity index (χ4v) is 1.44. The lowest BCUT2D eigenvalue weighted by molar-refractivity contribution is 0.396. The van der Waals surface area contributed by atoms with Gasteiger partial charge < -0.3 is 9.68 Å². The molecule has 2 rings (SSSR count). The Balaban J connectivity index is 2.43. The van der Waals surface area contributed by atoms with Crippen LogP contribution in [0.4, 0.5) is 0 Å². The predicted octanol–water partition coefficient (Wildman–Crippen LogP) is 0.805. The molecular weight excluding hydrogens is 153 g/mol. The van der Waals surface area contributed by atoms with Crippen LogP contribution >= 0.6 is 0 Å². The monoisotopic (exact) mass is 163 g/mol. The minimum Gasteiger partial charge on any atom is -0.535 e. The Kier molecular flexibility index (Phi) is 1.77. The smallest absolute Gasteiger partial charge is 0.522 e. The van der Waals surface area contributed by atoms with Gasteiger partial charge in [-0.15, -0.1) is 0 Å². The molecule has 1 aliphatic rings. The van der Waals surface area contributed by atoms with Crippen molar-refractivity contribution in [2.24, 2.45) is 0 Å². The molecule has 0 saturated carbocycles. The van der Waals surface area contributed by atoms with Crippen LogP contribution in [0.25, 0.3) is 0 Å². The van der Waals surface area contributed by atoms with Crippen molar-refractivity contribution in [2.75, 3.05) is 0 Å². The fraction of sp³-hybridized carbons (Fsp3) is 0.375. The second-order valence-electron chi connectivity index (χ2n) is 3.00. The van der Waals surface area contributed by atoms with E-state index in [4.69, 9.17) is 4.65 Å². The number of hydrogen-bond acceptors (Lipinski definition) is 3. The lowest BCUT2D eigenvalue weighted by atomic mass is 9.79. The van der Waals surface area contributed by atoms with Gasteiger partial charge in [-0.3, -0.25) is 4.98 Å². The van der Waals surface area contributed by atoms with E-state index in [1.165, 1.54) is 0 Å². The molecule has 0 bridgehead atoms. The van der Waals surface area contributed by atoms with Gasteiger partial charge in [0.2, 0.25) is 0 Å². The van der Waals surface area contributed by atoms with Crippen LogP contribution in [0.15, 0.2) is 12.3 Å². The third-order valence-corrected chi connectivity index (χ3v) is 2.08. The van der Waals surface area contributed by atoms with Crippen molar-refractivity contribution >= 4 is 7.12 Å². The Labute approximate surface area is 71.5 Å². The minimum absolute atomic E-state index is 0.652. The zero-order valence-corrected chi connectivity index (χ0v) is 6.95. The van der Waals surface area contributed by atoms with Crippen LogP contribution in [0.5, 0.6) is 5.75 Å². The molecule has 0 radical (unpaired) electrons. The Morgan fingerprint density at radius 1 is 1.67 bits per heavy atom. The minimum atomic E-state index is -0.652. The third kappa shape index (κ3) is 1.18. The standard InChI is InChI=1S/C8H10BNO2/c1-6-8-7(3-5-10-6)2-4-9(11)12-8/h3,5,11H,2,4H2,1H3. The molecule has 62 valence electrons. The summed E-state index contributed by atoms with van der Waals surface area (Å²) in [7, 11) is -0.652. The number of rotatable bonds is 0. The fourth-order valence-electron chi connectivity index (χ4n) is 1.44. The lowest BCUT2D eigenvalue weighted by Crippen LogP contribution is -2.27. The second-order valence-corrected chi connectivity index (χ2v) is 3.00. The molecule has 0 atom stereocenters. The Bertz CT molecular complexity index is 303. The summed E-state index contributed by atoms with van der Waals surface area (Å²) in [5.41, 5.74) is 2.00. The zero-order chi connectivity index (χ0) is 8.55. The highest BCUT2D eigenvalue weighted by molar-refractivity contribution is 6.44. The highest BCUT2D eigenvalue weighted by atomic mass is 16.5. The van der Waals surface area contributed by atoms with Gasteiger partial charge in [0.05, 0.1) is 5.69 Å². The number of aromatic nitrogens is 1. The van der Waals surface area contributed by atoms with Crippen molar-refractivity contribution < 1.29 is 9.68 Å². The van der Waals surface area contributed by atoms with Crippen molar-refractivity contribution in [3.8, 4) is 5.75 Å². The van der Waals surface area contributed by atoms with E-state index in [1.807, 2.05) is 13.0 Å². The normalized spacial score (nSPS) is 15.3. The number of aryl methyl sites for hydroxylation is 2. The summed E-state index contributed by atoms with van der Waals surface area (Å²) in [6, 6.07) is 1.94. The quantitative estimate of drug-likeness (QED) is 0.575. The van der Waals surface area contributed by atoms with Crippen LogP contribution in [0.1, 0.15) is 11.3 Å². The highest BCUT2D eigenvalue weighted by Gasteiger charge is 2.24. The zero-order valence-electron chi connectivity index (χ0n) is 6.95. The average molecular weight is 163 g/mol. The average Bonchev–Trinajstić information content (AvgIpc) is 2.07. The summed E-state index contributed by atoms with van der Waals surface area (Å²) in [4.78, 5) is 4.09. The van der Waals surface area contributed by atoms with E-state index in [0.29, 0.717) is 6.32 Å². The molecule has 0 unspecified atom stereocenters. The van der Waals surface area contributed by atoms with Gasteiger partial charge in [0.1, 0.15) is 5.75 Å². The summed E-state index contributed by atoms with van der Waals surface area (Å²) in [6.45, 7) is 1.89. The summed E-state index contributed by atoms with van der Waals surface area (Å²) >= 11 is 0. The van der Waals surface area contributed by atoms with Crippen molar-refractivity contribution in [2.45, 2.75) is 19.7 Å². The maximum absolute atomic E-state index is 9.23. The van der Waals surface area contributed by atoms with Crippen LogP contribution in [0, 0.1) is 6.92 Å². The Morgan fingerprint density at radius 2 is 2.50 bits per heavy atom. The second kappa shape index (κ2) is 2.79. The molecule has 0 aliphatic carbocycles. The van der Waals surface area contributed by atoms with Crippen molar-refractivity contribution in [3.63, 3.8) is 0 Å². The first-order valence-corrected chi connectivity index (χ1v) is 4.06. The van der Waals surface area contributed by atoms with Gasteiger partial charge in [-0.25, -0.2) is 0 Å². The third-order valence-electron chi connectivity index (χ3n) is 2.08. The molecule has 1 aromatic heterocycles. The molecule has 3 nitrogen and oxygen atoms in total. The van der Waals surface area contributed by atoms with Crippen molar-refractivity contribution in [1.82, 2.24) is 4.98 Å². The van der Waals surface area contributed by atoms with Gasteiger partial charge in [-0.05, 0) is 31.3 Å². The Hall–Kier alpha value is -1.03. The molecule has 2 heterocycles. The van der Waals surface area contributed by atoms with Gasteiger partial charge in [-0.1, -0.05) is 0 Å². The molecule has 0 aromatic carbocycles. The Morgan fingerprint density at radius 3 is 3.33 bits per heavy atom. The number of fused-ring (bicyclic) bond motifs is 1. The lowest BCUT2D eigenvalue weighted by Gasteiger charge is -2.20. The summed E-state index contributed by atoms with van der Waals surface area (Å²) in [6.07, 6.45) is 3.32. The number of hydrogen-bond donors (Lipinski definition) is 1. The number of nitrogens with zero attached hydrogens (tertiary/aromatic N) is 1. The summed E-state index contributed by atoms with van der Waals surface area (Å²) < 4.78 is 5.26.